The van der Waals surface area contributed by atoms with Crippen molar-refractivity contribution < 1.29 is 4.79 Å². The molecule has 106 valence electrons. The monoisotopic (exact) mass is 264 g/mol. The molecule has 0 fully saturated rings. The van der Waals surface area contributed by atoms with Crippen molar-refractivity contribution >= 4 is 5.91 Å². The minimum absolute atomic E-state index is 0.0360. The lowest BCUT2D eigenvalue weighted by molar-refractivity contribution is -0.122. The zero-order valence-electron chi connectivity index (χ0n) is 12.0. The molecule has 19 heavy (non-hydrogen) atoms. The summed E-state index contributed by atoms with van der Waals surface area (Å²) in [6.07, 6.45) is 0.423. The summed E-state index contributed by atoms with van der Waals surface area (Å²) < 4.78 is 0. The zero-order valence-corrected chi connectivity index (χ0v) is 12.0. The van der Waals surface area contributed by atoms with E-state index in [2.05, 4.69) is 15.2 Å². The fourth-order valence-corrected chi connectivity index (χ4v) is 1.97. The molecule has 0 spiro atoms. The zero-order chi connectivity index (χ0) is 14.3. The number of nitrogens with two attached hydrogens (primary N) is 1. The Balaban J connectivity index is 2.58. The minimum atomic E-state index is 0.0360. The molecule has 0 aromatic carbocycles. The summed E-state index contributed by atoms with van der Waals surface area (Å²) >= 11 is 0. The lowest BCUT2D eigenvalue weighted by Gasteiger charge is -2.26. The van der Waals surface area contributed by atoms with Crippen LogP contribution in [0.3, 0.4) is 0 Å². The molecule has 0 aliphatic carbocycles. The molecule has 0 aliphatic heterocycles. The fraction of sp³-hybridized carbons (Fsp3) is 0.571. The molecule has 1 aromatic rings. The molecular weight excluding hydrogens is 240 g/mol. The van der Waals surface area contributed by atoms with Gasteiger partial charge in [-0.05, 0) is 33.0 Å². The first kappa shape index (κ1) is 15.6. The van der Waals surface area contributed by atoms with Gasteiger partial charge in [0.1, 0.15) is 0 Å². The van der Waals surface area contributed by atoms with Crippen LogP contribution in [-0.4, -0.2) is 42.0 Å². The van der Waals surface area contributed by atoms with Crippen LogP contribution < -0.4 is 11.1 Å². The SMILES string of the molecule is CCNC(=O)CC(CN)N(C)Cc1cccc(C)n1. The number of nitrogens with zero attached hydrogens (tertiary/aromatic N) is 2. The Labute approximate surface area is 115 Å². The number of aromatic nitrogens is 1. The van der Waals surface area contributed by atoms with E-state index >= 15 is 0 Å². The van der Waals surface area contributed by atoms with Gasteiger partial charge in [0.25, 0.3) is 0 Å². The summed E-state index contributed by atoms with van der Waals surface area (Å²) in [5, 5.41) is 2.80. The third kappa shape index (κ3) is 5.36. The number of aryl methyl sites for hydroxylation is 1. The maximum Gasteiger partial charge on any atom is 0.221 e. The highest BCUT2D eigenvalue weighted by molar-refractivity contribution is 5.76. The largest absolute Gasteiger partial charge is 0.356 e. The maximum atomic E-state index is 11.6. The van der Waals surface area contributed by atoms with Gasteiger partial charge in [0, 0.05) is 37.8 Å². The first-order chi connectivity index (χ1) is 9.06. The normalized spacial score (nSPS) is 12.5. The van der Waals surface area contributed by atoms with Gasteiger partial charge in [-0.25, -0.2) is 0 Å². The van der Waals surface area contributed by atoms with E-state index in [1.165, 1.54) is 0 Å². The van der Waals surface area contributed by atoms with Crippen LogP contribution in [0.5, 0.6) is 0 Å². The van der Waals surface area contributed by atoms with E-state index in [0.29, 0.717) is 26.1 Å². The van der Waals surface area contributed by atoms with Crippen LogP contribution in [0.2, 0.25) is 0 Å². The first-order valence-electron chi connectivity index (χ1n) is 6.66. The summed E-state index contributed by atoms with van der Waals surface area (Å²) in [6.45, 7) is 5.69. The third-order valence-corrected chi connectivity index (χ3v) is 3.05. The van der Waals surface area contributed by atoms with E-state index in [1.807, 2.05) is 39.1 Å². The number of carbonyl (C=O) groups is 1. The van der Waals surface area contributed by atoms with E-state index in [0.717, 1.165) is 11.4 Å². The van der Waals surface area contributed by atoms with Gasteiger partial charge in [0.15, 0.2) is 0 Å². The average molecular weight is 264 g/mol. The van der Waals surface area contributed by atoms with Crippen molar-refractivity contribution in [2.75, 3.05) is 20.1 Å². The van der Waals surface area contributed by atoms with Crippen molar-refractivity contribution in [3.63, 3.8) is 0 Å². The molecular formula is C14H24N4O. The molecule has 0 aliphatic rings. The Morgan fingerprint density at radius 1 is 1.53 bits per heavy atom. The molecule has 0 saturated heterocycles. The maximum absolute atomic E-state index is 11.6. The smallest absolute Gasteiger partial charge is 0.221 e. The highest BCUT2D eigenvalue weighted by Crippen LogP contribution is 2.07. The van der Waals surface area contributed by atoms with Gasteiger partial charge in [-0.2, -0.15) is 0 Å². The quantitative estimate of drug-likeness (QED) is 0.759. The predicted molar refractivity (Wildman–Crippen MR) is 76.6 cm³/mol. The Kier molecular flexibility index (Phi) is 6.45. The van der Waals surface area contributed by atoms with Crippen molar-refractivity contribution in [3.8, 4) is 0 Å². The van der Waals surface area contributed by atoms with E-state index in [9.17, 15) is 4.79 Å². The lowest BCUT2D eigenvalue weighted by atomic mass is 10.1. The average Bonchev–Trinajstić information content (AvgIpc) is 2.36. The number of pyridine rings is 1. The molecule has 0 saturated carbocycles. The summed E-state index contributed by atoms with van der Waals surface area (Å²) in [7, 11) is 1.97. The number of nitrogens with one attached hydrogen (secondary N) is 1. The molecule has 3 N–H and O–H groups in total. The highest BCUT2D eigenvalue weighted by Gasteiger charge is 2.17. The second-order valence-corrected chi connectivity index (χ2v) is 4.73. The number of amides is 1. The summed E-state index contributed by atoms with van der Waals surface area (Å²) in [6, 6.07) is 5.99. The van der Waals surface area contributed by atoms with Crippen LogP contribution in [0.25, 0.3) is 0 Å². The van der Waals surface area contributed by atoms with Gasteiger partial charge >= 0.3 is 0 Å². The fourth-order valence-electron chi connectivity index (χ4n) is 1.97. The molecule has 1 rings (SSSR count). The van der Waals surface area contributed by atoms with Crippen molar-refractivity contribution in [1.29, 1.82) is 0 Å². The number of hydrogen-bond donors (Lipinski definition) is 2. The molecule has 5 nitrogen and oxygen atoms in total. The topological polar surface area (TPSA) is 71.2 Å². The summed E-state index contributed by atoms with van der Waals surface area (Å²) in [4.78, 5) is 18.2. The highest BCUT2D eigenvalue weighted by atomic mass is 16.1. The molecule has 1 amide bonds. The van der Waals surface area contributed by atoms with Crippen molar-refractivity contribution in [2.45, 2.75) is 32.9 Å². The van der Waals surface area contributed by atoms with Crippen molar-refractivity contribution in [3.05, 3.63) is 29.6 Å². The van der Waals surface area contributed by atoms with Crippen molar-refractivity contribution in [2.24, 2.45) is 5.73 Å². The van der Waals surface area contributed by atoms with Crippen LogP contribution in [0, 0.1) is 6.92 Å². The molecule has 1 aromatic heterocycles. The van der Waals surface area contributed by atoms with Gasteiger partial charge < -0.3 is 11.1 Å². The first-order valence-corrected chi connectivity index (χ1v) is 6.66. The van der Waals surface area contributed by atoms with Crippen molar-refractivity contribution in [1.82, 2.24) is 15.2 Å². The van der Waals surface area contributed by atoms with Crippen LogP contribution >= 0.6 is 0 Å². The molecule has 1 heterocycles. The van der Waals surface area contributed by atoms with E-state index in [1.54, 1.807) is 0 Å². The van der Waals surface area contributed by atoms with Gasteiger partial charge in [-0.15, -0.1) is 0 Å². The van der Waals surface area contributed by atoms with Crippen LogP contribution in [0.4, 0.5) is 0 Å². The molecule has 5 heteroatoms. The van der Waals surface area contributed by atoms with Gasteiger partial charge in [0.05, 0.1) is 5.69 Å². The lowest BCUT2D eigenvalue weighted by Crippen LogP contribution is -2.41. The number of rotatable bonds is 7. The van der Waals surface area contributed by atoms with Crippen LogP contribution in [0.15, 0.2) is 18.2 Å². The van der Waals surface area contributed by atoms with Gasteiger partial charge in [0.2, 0.25) is 5.91 Å². The molecule has 1 unspecified atom stereocenters. The number of likely N-dealkylation sites (N-methyl/N-ethyl adjacent to an activating group) is 1. The summed E-state index contributed by atoms with van der Waals surface area (Å²) in [5.41, 5.74) is 7.76. The predicted octanol–water partition coefficient (Wildman–Crippen LogP) is 0.675. The molecule has 0 radical (unpaired) electrons. The molecule has 0 bridgehead atoms. The second kappa shape index (κ2) is 7.86. The minimum Gasteiger partial charge on any atom is -0.356 e. The van der Waals surface area contributed by atoms with Crippen LogP contribution in [0.1, 0.15) is 24.7 Å². The van der Waals surface area contributed by atoms with E-state index < -0.39 is 0 Å². The Bertz CT molecular complexity index is 408. The van der Waals surface area contributed by atoms with E-state index in [-0.39, 0.29) is 11.9 Å². The standard InChI is InChI=1S/C14H24N4O/c1-4-16-14(19)8-13(9-15)18(3)10-12-7-5-6-11(2)17-12/h5-7,13H,4,8-10,15H2,1-3H3,(H,16,19). The van der Waals surface area contributed by atoms with Gasteiger partial charge in [-0.3, -0.25) is 14.7 Å². The Morgan fingerprint density at radius 2 is 2.26 bits per heavy atom. The third-order valence-electron chi connectivity index (χ3n) is 3.05. The number of hydrogen-bond acceptors (Lipinski definition) is 4. The van der Waals surface area contributed by atoms with E-state index in [4.69, 9.17) is 5.73 Å². The Hall–Kier alpha value is -1.46. The Morgan fingerprint density at radius 3 is 2.84 bits per heavy atom. The second-order valence-electron chi connectivity index (χ2n) is 4.73. The van der Waals surface area contributed by atoms with Gasteiger partial charge in [-0.1, -0.05) is 6.07 Å². The number of carbonyl (C=O) groups excluding carboxylic acids is 1. The molecule has 1 atom stereocenters. The summed E-state index contributed by atoms with van der Waals surface area (Å²) in [5.74, 6) is 0.0435. The van der Waals surface area contributed by atoms with Crippen LogP contribution in [-0.2, 0) is 11.3 Å².